The summed E-state index contributed by atoms with van der Waals surface area (Å²) in [6, 6.07) is 6.68. The number of carbonyl (C=O) groups is 1. The van der Waals surface area contributed by atoms with Gasteiger partial charge in [0.05, 0.1) is 6.04 Å². The molecule has 1 atom stereocenters. The molecule has 0 saturated carbocycles. The molecule has 7 heteroatoms. The molecule has 0 saturated heterocycles. The molecule has 1 aromatic carbocycles. The Balaban J connectivity index is 1.84. The van der Waals surface area contributed by atoms with Gasteiger partial charge < -0.3 is 10.4 Å². The van der Waals surface area contributed by atoms with E-state index in [2.05, 4.69) is 25.9 Å². The first-order valence-electron chi connectivity index (χ1n) is 5.96. The number of aromatic nitrogens is 4. The quantitative estimate of drug-likeness (QED) is 0.735. The minimum absolute atomic E-state index is 0.124. The number of nitrogens with one attached hydrogen (secondary N) is 2. The predicted octanol–water partition coefficient (Wildman–Crippen LogP) is 0.715. The fourth-order valence-electron chi connectivity index (χ4n) is 1.70. The van der Waals surface area contributed by atoms with Crippen molar-refractivity contribution in [1.29, 1.82) is 0 Å². The van der Waals surface area contributed by atoms with Gasteiger partial charge in [0.2, 0.25) is 5.91 Å². The van der Waals surface area contributed by atoms with Crippen molar-refractivity contribution in [2.24, 2.45) is 0 Å². The average molecular weight is 261 g/mol. The number of hydrogen-bond donors (Lipinski definition) is 3. The van der Waals surface area contributed by atoms with Gasteiger partial charge in [0.25, 0.3) is 0 Å². The van der Waals surface area contributed by atoms with Crippen molar-refractivity contribution in [3.05, 3.63) is 35.7 Å². The first-order chi connectivity index (χ1) is 9.16. The topological polar surface area (TPSA) is 104 Å². The van der Waals surface area contributed by atoms with Crippen molar-refractivity contribution in [3.63, 3.8) is 0 Å². The van der Waals surface area contributed by atoms with E-state index < -0.39 is 0 Å². The number of aromatic hydroxyl groups is 1. The standard InChI is InChI=1S/C12H15N5O2/c1-8(12-14-16-17-15-12)13-11(19)7-6-9-4-2-3-5-10(9)18/h2-5,8,18H,6-7H2,1H3,(H,13,19)(H,14,15,16,17). The summed E-state index contributed by atoms with van der Waals surface area (Å²) >= 11 is 0. The minimum atomic E-state index is -0.296. The van der Waals surface area contributed by atoms with Crippen molar-refractivity contribution < 1.29 is 9.90 Å². The van der Waals surface area contributed by atoms with Crippen LogP contribution in [0.15, 0.2) is 24.3 Å². The molecule has 0 radical (unpaired) electrons. The van der Waals surface area contributed by atoms with Crippen LogP contribution in [0, 0.1) is 0 Å². The highest BCUT2D eigenvalue weighted by Crippen LogP contribution is 2.17. The number of H-pyrrole nitrogens is 1. The Hall–Kier alpha value is -2.44. The Morgan fingerprint density at radius 3 is 2.95 bits per heavy atom. The molecule has 2 rings (SSSR count). The molecular formula is C12H15N5O2. The van der Waals surface area contributed by atoms with Gasteiger partial charge in [-0.15, -0.1) is 10.2 Å². The molecule has 1 aromatic heterocycles. The number of amides is 1. The average Bonchev–Trinajstić information content (AvgIpc) is 2.91. The number of phenols is 1. The highest BCUT2D eigenvalue weighted by Gasteiger charge is 2.13. The first kappa shape index (κ1) is 13.0. The van der Waals surface area contributed by atoms with Gasteiger partial charge in [-0.2, -0.15) is 5.21 Å². The zero-order valence-electron chi connectivity index (χ0n) is 10.5. The van der Waals surface area contributed by atoms with Gasteiger partial charge in [-0.05, 0) is 25.0 Å². The fourth-order valence-corrected chi connectivity index (χ4v) is 1.70. The van der Waals surface area contributed by atoms with E-state index in [9.17, 15) is 9.90 Å². The third-order valence-corrected chi connectivity index (χ3v) is 2.74. The van der Waals surface area contributed by atoms with E-state index in [4.69, 9.17) is 0 Å². The molecule has 0 aliphatic carbocycles. The number of aryl methyl sites for hydroxylation is 1. The van der Waals surface area contributed by atoms with Crippen LogP contribution in [0.25, 0.3) is 0 Å². The molecule has 3 N–H and O–H groups in total. The molecule has 0 aliphatic rings. The van der Waals surface area contributed by atoms with Crippen LogP contribution in [0.2, 0.25) is 0 Å². The number of tetrazole rings is 1. The molecule has 0 aliphatic heterocycles. The molecule has 1 unspecified atom stereocenters. The van der Waals surface area contributed by atoms with Crippen LogP contribution >= 0.6 is 0 Å². The van der Waals surface area contributed by atoms with Gasteiger partial charge in [0.15, 0.2) is 5.82 Å². The zero-order chi connectivity index (χ0) is 13.7. The number of hydrogen-bond acceptors (Lipinski definition) is 5. The van der Waals surface area contributed by atoms with Crippen molar-refractivity contribution in [3.8, 4) is 5.75 Å². The van der Waals surface area contributed by atoms with E-state index in [1.165, 1.54) is 0 Å². The SMILES string of the molecule is CC(NC(=O)CCc1ccccc1O)c1nn[nH]n1. The Morgan fingerprint density at radius 1 is 1.47 bits per heavy atom. The van der Waals surface area contributed by atoms with Crippen molar-refractivity contribution >= 4 is 5.91 Å². The summed E-state index contributed by atoms with van der Waals surface area (Å²) in [5.74, 6) is 0.526. The summed E-state index contributed by atoms with van der Waals surface area (Å²) in [6.45, 7) is 1.78. The van der Waals surface area contributed by atoms with Gasteiger partial charge >= 0.3 is 0 Å². The highest BCUT2D eigenvalue weighted by atomic mass is 16.3. The number of aromatic amines is 1. The number of nitrogens with zero attached hydrogens (tertiary/aromatic N) is 3. The lowest BCUT2D eigenvalue weighted by Crippen LogP contribution is -2.27. The molecular weight excluding hydrogens is 246 g/mol. The van der Waals surface area contributed by atoms with Crippen LogP contribution in [0.3, 0.4) is 0 Å². The monoisotopic (exact) mass is 261 g/mol. The normalized spacial score (nSPS) is 12.1. The Labute approximate surface area is 110 Å². The summed E-state index contributed by atoms with van der Waals surface area (Å²) in [7, 11) is 0. The van der Waals surface area contributed by atoms with Crippen LogP contribution < -0.4 is 5.32 Å². The van der Waals surface area contributed by atoms with Gasteiger partial charge in [-0.3, -0.25) is 4.79 Å². The van der Waals surface area contributed by atoms with E-state index in [-0.39, 0.29) is 17.7 Å². The molecule has 0 spiro atoms. The third-order valence-electron chi connectivity index (χ3n) is 2.74. The highest BCUT2D eigenvalue weighted by molar-refractivity contribution is 5.76. The lowest BCUT2D eigenvalue weighted by Gasteiger charge is -2.10. The molecule has 7 nitrogen and oxygen atoms in total. The van der Waals surface area contributed by atoms with Crippen molar-refractivity contribution in [2.45, 2.75) is 25.8 Å². The van der Waals surface area contributed by atoms with Crippen LogP contribution in [-0.2, 0) is 11.2 Å². The number of rotatable bonds is 5. The summed E-state index contributed by atoms with van der Waals surface area (Å²) in [5, 5.41) is 25.7. The van der Waals surface area contributed by atoms with Crippen LogP contribution in [0.1, 0.15) is 30.8 Å². The molecule has 2 aromatic rings. The predicted molar refractivity (Wildman–Crippen MR) is 67.2 cm³/mol. The second-order valence-corrected chi connectivity index (χ2v) is 4.19. The van der Waals surface area contributed by atoms with Gasteiger partial charge in [0.1, 0.15) is 5.75 Å². The third kappa shape index (κ3) is 3.51. The second kappa shape index (κ2) is 5.94. The molecule has 1 amide bonds. The van der Waals surface area contributed by atoms with Crippen molar-refractivity contribution in [2.75, 3.05) is 0 Å². The molecule has 100 valence electrons. The van der Waals surface area contributed by atoms with E-state index >= 15 is 0 Å². The van der Waals surface area contributed by atoms with E-state index in [1.807, 2.05) is 6.07 Å². The molecule has 0 fully saturated rings. The Morgan fingerprint density at radius 2 is 2.26 bits per heavy atom. The first-order valence-corrected chi connectivity index (χ1v) is 5.96. The number of carbonyl (C=O) groups excluding carboxylic acids is 1. The van der Waals surface area contributed by atoms with Crippen LogP contribution in [0.5, 0.6) is 5.75 Å². The van der Waals surface area contributed by atoms with Crippen LogP contribution in [0.4, 0.5) is 0 Å². The molecule has 1 heterocycles. The maximum Gasteiger partial charge on any atom is 0.220 e. The molecule has 19 heavy (non-hydrogen) atoms. The number of phenolic OH excluding ortho intramolecular Hbond substituents is 1. The lowest BCUT2D eigenvalue weighted by molar-refractivity contribution is -0.121. The summed E-state index contributed by atoms with van der Waals surface area (Å²) < 4.78 is 0. The smallest absolute Gasteiger partial charge is 0.220 e. The Kier molecular flexibility index (Phi) is 4.07. The maximum atomic E-state index is 11.8. The maximum absolute atomic E-state index is 11.8. The van der Waals surface area contributed by atoms with Gasteiger partial charge in [-0.25, -0.2) is 0 Å². The van der Waals surface area contributed by atoms with Crippen LogP contribution in [-0.4, -0.2) is 31.6 Å². The van der Waals surface area contributed by atoms with Gasteiger partial charge in [-0.1, -0.05) is 23.4 Å². The zero-order valence-corrected chi connectivity index (χ0v) is 10.5. The van der Waals surface area contributed by atoms with E-state index in [1.54, 1.807) is 25.1 Å². The largest absolute Gasteiger partial charge is 0.508 e. The minimum Gasteiger partial charge on any atom is -0.508 e. The summed E-state index contributed by atoms with van der Waals surface area (Å²) in [5.41, 5.74) is 0.755. The fraction of sp³-hybridized carbons (Fsp3) is 0.333. The van der Waals surface area contributed by atoms with E-state index in [0.717, 1.165) is 5.56 Å². The Bertz CT molecular complexity index is 541. The van der Waals surface area contributed by atoms with Crippen molar-refractivity contribution in [1.82, 2.24) is 25.9 Å². The number of benzene rings is 1. The summed E-state index contributed by atoms with van der Waals surface area (Å²) in [4.78, 5) is 11.8. The number of para-hydroxylation sites is 1. The van der Waals surface area contributed by atoms with E-state index in [0.29, 0.717) is 18.7 Å². The lowest BCUT2D eigenvalue weighted by atomic mass is 10.1. The van der Waals surface area contributed by atoms with Gasteiger partial charge in [0, 0.05) is 6.42 Å². The molecule has 0 bridgehead atoms. The second-order valence-electron chi connectivity index (χ2n) is 4.19. The summed E-state index contributed by atoms with van der Waals surface area (Å²) in [6.07, 6.45) is 0.775.